The Hall–Kier alpha value is -8.54. The van der Waals surface area contributed by atoms with Gasteiger partial charge in [0, 0.05) is 90.4 Å². The van der Waals surface area contributed by atoms with E-state index < -0.39 is 0 Å². The zero-order valence-electron chi connectivity index (χ0n) is 42.8. The molecule has 11 aromatic rings. The summed E-state index contributed by atoms with van der Waals surface area (Å²) in [4.78, 5) is 39.2. The van der Waals surface area contributed by atoms with E-state index in [-0.39, 0.29) is 13.2 Å². The minimum Gasteiger partial charge on any atom is -0.396 e. The van der Waals surface area contributed by atoms with E-state index >= 15 is 0 Å². The van der Waals surface area contributed by atoms with Gasteiger partial charge in [0.15, 0.2) is 23.3 Å². The molecular formula is C59H65N15O2. The van der Waals surface area contributed by atoms with Crippen LogP contribution in [-0.2, 0) is 13.1 Å². The van der Waals surface area contributed by atoms with Crippen LogP contribution in [0.15, 0.2) is 153 Å². The third-order valence-corrected chi connectivity index (χ3v) is 13.3. The second-order valence-corrected chi connectivity index (χ2v) is 18.9. The van der Waals surface area contributed by atoms with Crippen LogP contribution in [-0.4, -0.2) is 112 Å². The van der Waals surface area contributed by atoms with Gasteiger partial charge in [0.05, 0.1) is 52.0 Å². The molecular weight excluding hydrogens is 951 g/mol. The summed E-state index contributed by atoms with van der Waals surface area (Å²) >= 11 is 0. The van der Waals surface area contributed by atoms with Gasteiger partial charge in [-0.1, -0.05) is 72.8 Å². The number of aromatic nitrogens is 10. The van der Waals surface area contributed by atoms with E-state index in [0.717, 1.165) is 113 Å². The van der Waals surface area contributed by atoms with Crippen LogP contribution in [0.2, 0.25) is 0 Å². The quantitative estimate of drug-likeness (QED) is 0.0329. The Morgan fingerprint density at radius 3 is 1.13 bits per heavy atom. The summed E-state index contributed by atoms with van der Waals surface area (Å²) in [6.07, 6.45) is 20.3. The smallest absolute Gasteiger partial charge is 0.169 e. The van der Waals surface area contributed by atoms with Crippen LogP contribution >= 0.6 is 0 Å². The molecule has 1 saturated heterocycles. The van der Waals surface area contributed by atoms with Crippen LogP contribution in [0.25, 0.3) is 65.4 Å². The van der Waals surface area contributed by atoms with Gasteiger partial charge in [-0.05, 0) is 114 Å². The summed E-state index contributed by atoms with van der Waals surface area (Å²) in [5, 5.41) is 38.4. The molecule has 0 radical (unpaired) electrons. The first-order valence-electron chi connectivity index (χ1n) is 26.5. The average molecular weight is 1020 g/mol. The molecule has 0 spiro atoms. The molecule has 12 rings (SSSR count). The Morgan fingerprint density at radius 2 is 0.776 bits per heavy atom. The highest BCUT2D eigenvalue weighted by atomic mass is 16.3. The number of hydrogen-bond donors (Lipinski definition) is 6. The van der Waals surface area contributed by atoms with Gasteiger partial charge < -0.3 is 45.5 Å². The molecule has 17 heteroatoms. The van der Waals surface area contributed by atoms with Crippen molar-refractivity contribution in [2.24, 2.45) is 0 Å². The molecule has 6 N–H and O–H groups in total. The van der Waals surface area contributed by atoms with Crippen molar-refractivity contribution in [3.8, 4) is 0 Å². The predicted octanol–water partition coefficient (Wildman–Crippen LogP) is 10.3. The Balaban J connectivity index is 0.000000134. The van der Waals surface area contributed by atoms with Crippen LogP contribution < -0.4 is 26.2 Å². The summed E-state index contributed by atoms with van der Waals surface area (Å²) in [5.74, 6) is 3.95. The lowest BCUT2D eigenvalue weighted by Crippen LogP contribution is -2.30. The van der Waals surface area contributed by atoms with E-state index in [0.29, 0.717) is 37.6 Å². The second-order valence-electron chi connectivity index (χ2n) is 18.9. The standard InChI is InChI=1S/C24H26N8.C18H22N4O2.C17H17N3/c1-2-6-20-16-22-21(15-19(20)5-1)29-23(27-7-3-11-31-13-9-25-17-31)24(30-22)28-8-4-12-32-14-10-26-18-32;23-9-3-7-19-17-18(20-8-4-10-24)22-16-12-14-6-2-1-5-13(14)11-15(16)21-17;1-4-8-20(9-5-1)17-12-18-15-10-13-6-2-3-7-14(13)11-16(15)19-17/h1-2,5-6,9-10,13-18H,3-4,7-8,11-12H2,(H,27,29)(H,28,30);1-2,5-6,11-12,23-24H,3-4,7-10H2,(H,19,21)(H,20,22);2-3,6-7,10-12H,1,4-5,8-9H2. The number of piperidine rings is 1. The molecule has 6 aromatic carbocycles. The number of rotatable bonds is 19. The van der Waals surface area contributed by atoms with Crippen molar-refractivity contribution in [2.75, 3.05) is 78.6 Å². The number of benzene rings is 6. The third kappa shape index (κ3) is 13.2. The van der Waals surface area contributed by atoms with Crippen molar-refractivity contribution in [1.29, 1.82) is 0 Å². The Morgan fingerprint density at radius 1 is 0.421 bits per heavy atom. The zero-order chi connectivity index (χ0) is 51.7. The number of aliphatic hydroxyl groups excluding tert-OH is 2. The fraction of sp³-hybridized carbons (Fsp3) is 0.288. The lowest BCUT2D eigenvalue weighted by atomic mass is 10.1. The summed E-state index contributed by atoms with van der Waals surface area (Å²) in [6, 6.07) is 37.4. The molecule has 0 aliphatic carbocycles. The highest BCUT2D eigenvalue weighted by molar-refractivity contribution is 5.98. The number of nitrogens with zero attached hydrogens (tertiary/aromatic N) is 11. The lowest BCUT2D eigenvalue weighted by molar-refractivity contribution is 0.292. The van der Waals surface area contributed by atoms with Gasteiger partial charge in [0.25, 0.3) is 0 Å². The van der Waals surface area contributed by atoms with Crippen molar-refractivity contribution in [2.45, 2.75) is 58.0 Å². The summed E-state index contributed by atoms with van der Waals surface area (Å²) in [5.41, 5.74) is 5.41. The highest BCUT2D eigenvalue weighted by Gasteiger charge is 2.15. The number of aliphatic hydroxyl groups is 2. The van der Waals surface area contributed by atoms with Gasteiger partial charge in [-0.25, -0.2) is 34.9 Å². The van der Waals surface area contributed by atoms with Gasteiger partial charge in [-0.3, -0.25) is 4.98 Å². The van der Waals surface area contributed by atoms with E-state index in [1.807, 2.05) is 67.6 Å². The average Bonchev–Trinajstić information content (AvgIpc) is 4.20. The monoisotopic (exact) mass is 1020 g/mol. The van der Waals surface area contributed by atoms with E-state index in [1.165, 1.54) is 40.8 Å². The molecule has 5 aromatic heterocycles. The maximum Gasteiger partial charge on any atom is 0.169 e. The molecule has 1 aliphatic heterocycles. The molecule has 17 nitrogen and oxygen atoms in total. The normalized spacial score (nSPS) is 12.4. The van der Waals surface area contributed by atoms with Gasteiger partial charge in [-0.15, -0.1) is 0 Å². The van der Waals surface area contributed by atoms with Crippen molar-refractivity contribution in [3.05, 3.63) is 153 Å². The molecule has 0 unspecified atom stereocenters. The second kappa shape index (κ2) is 25.6. The van der Waals surface area contributed by atoms with Crippen LogP contribution in [0.4, 0.5) is 29.1 Å². The van der Waals surface area contributed by atoms with Crippen LogP contribution in [0.5, 0.6) is 0 Å². The number of hydrogen-bond acceptors (Lipinski definition) is 15. The molecule has 76 heavy (non-hydrogen) atoms. The summed E-state index contributed by atoms with van der Waals surface area (Å²) in [7, 11) is 0. The largest absolute Gasteiger partial charge is 0.396 e. The first-order chi connectivity index (χ1) is 37.6. The Kier molecular flexibility index (Phi) is 17.2. The molecule has 1 aliphatic rings. The Labute approximate surface area is 441 Å². The minimum atomic E-state index is 0.131. The fourth-order valence-electron chi connectivity index (χ4n) is 9.29. The molecule has 0 amide bonds. The first kappa shape index (κ1) is 51.0. The zero-order valence-corrected chi connectivity index (χ0v) is 42.8. The van der Waals surface area contributed by atoms with Gasteiger partial charge in [0.1, 0.15) is 5.82 Å². The van der Waals surface area contributed by atoms with Gasteiger partial charge in [-0.2, -0.15) is 0 Å². The van der Waals surface area contributed by atoms with Gasteiger partial charge >= 0.3 is 0 Å². The van der Waals surface area contributed by atoms with E-state index in [1.54, 1.807) is 12.4 Å². The molecule has 388 valence electrons. The van der Waals surface area contributed by atoms with Crippen LogP contribution in [0, 0.1) is 0 Å². The van der Waals surface area contributed by atoms with E-state index in [2.05, 4.69) is 123 Å². The predicted molar refractivity (Wildman–Crippen MR) is 308 cm³/mol. The van der Waals surface area contributed by atoms with Crippen molar-refractivity contribution in [1.82, 2.24) is 49.0 Å². The van der Waals surface area contributed by atoms with Crippen LogP contribution in [0.3, 0.4) is 0 Å². The fourth-order valence-corrected chi connectivity index (χ4v) is 9.29. The highest BCUT2D eigenvalue weighted by Crippen LogP contribution is 2.28. The minimum absolute atomic E-state index is 0.131. The number of aryl methyl sites for hydroxylation is 2. The number of nitrogens with one attached hydrogen (secondary N) is 4. The van der Waals surface area contributed by atoms with E-state index in [4.69, 9.17) is 35.1 Å². The van der Waals surface area contributed by atoms with Crippen LogP contribution in [0.1, 0.15) is 44.9 Å². The lowest BCUT2D eigenvalue weighted by Gasteiger charge is -2.27. The number of imidazole rings is 2. The van der Waals surface area contributed by atoms with Crippen molar-refractivity contribution >= 4 is 94.5 Å². The Bertz CT molecular complexity index is 3440. The van der Waals surface area contributed by atoms with Crippen molar-refractivity contribution < 1.29 is 10.2 Å². The SMILES string of the molecule is OCCCNc1nc2cc3ccccc3cc2nc1NCCCO.c1ccc2cc3nc(N4CCCCC4)cnc3cc2c1.c1ccc2cc3nc(NCCCn4ccnc4)c(NCCCn4ccnc4)nc3cc2c1. The maximum absolute atomic E-state index is 8.96. The van der Waals surface area contributed by atoms with Crippen molar-refractivity contribution in [3.63, 3.8) is 0 Å². The first-order valence-corrected chi connectivity index (χ1v) is 26.5. The summed E-state index contributed by atoms with van der Waals surface area (Å²) in [6.45, 7) is 7.14. The number of anilines is 5. The molecule has 0 atom stereocenters. The molecule has 6 heterocycles. The topological polar surface area (TPSA) is 205 Å². The molecule has 0 bridgehead atoms. The maximum atomic E-state index is 8.96. The van der Waals surface area contributed by atoms with Gasteiger partial charge in [0.2, 0.25) is 0 Å². The number of fused-ring (bicyclic) bond motifs is 6. The molecule has 0 saturated carbocycles. The molecule has 1 fully saturated rings. The summed E-state index contributed by atoms with van der Waals surface area (Å²) < 4.78 is 4.16. The third-order valence-electron chi connectivity index (χ3n) is 13.3. The van der Waals surface area contributed by atoms with E-state index in [9.17, 15) is 0 Å².